The smallest absolute Gasteiger partial charge is 0.102 e. The Morgan fingerprint density at radius 3 is 2.62 bits per heavy atom. The van der Waals surface area contributed by atoms with Gasteiger partial charge in [-0.3, -0.25) is 0 Å². The molecule has 1 saturated heterocycles. The summed E-state index contributed by atoms with van der Waals surface area (Å²) in [4.78, 5) is 9.91. The Balaban J connectivity index is 0.000000490. The van der Waals surface area contributed by atoms with E-state index in [9.17, 15) is 4.79 Å². The zero-order valence-electron chi connectivity index (χ0n) is 4.71. The van der Waals surface area contributed by atoms with Gasteiger partial charge in [0.1, 0.15) is 6.29 Å². The molecule has 0 aromatic heterocycles. The van der Waals surface area contributed by atoms with E-state index in [2.05, 4.69) is 5.32 Å². The zero-order valence-corrected chi connectivity index (χ0v) is 9.45. The van der Waals surface area contributed by atoms with E-state index in [-0.39, 0.29) is 50.1 Å². The van der Waals surface area contributed by atoms with E-state index < -0.39 is 0 Å². The summed E-state index contributed by atoms with van der Waals surface area (Å²) in [5.41, 5.74) is 0. The van der Waals surface area contributed by atoms with Crippen molar-refractivity contribution in [2.45, 2.75) is 18.9 Å². The van der Waals surface area contributed by atoms with E-state index >= 15 is 0 Å². The molecule has 0 saturated carbocycles. The first-order chi connectivity index (χ1) is 3.43. The van der Waals surface area contributed by atoms with Gasteiger partial charge in [-0.15, -0.1) is 6.54 Å². The van der Waals surface area contributed by atoms with Crippen LogP contribution in [0.2, 0.25) is 0 Å². The molecule has 0 amide bonds. The SMILES string of the molecule is O=CC1CCC[N-]1.[Ac]. The number of hydrogen-bond donors (Lipinski definition) is 0. The fourth-order valence-corrected chi connectivity index (χ4v) is 0.760. The standard InChI is InChI=1S/C5H8NO.Ac/c7-4-5-2-1-3-6-5;/h4-5H,1-3H2;/q-1;. The summed E-state index contributed by atoms with van der Waals surface area (Å²) in [7, 11) is 0. The fraction of sp³-hybridized carbons (Fsp3) is 0.800. The second-order valence-electron chi connectivity index (χ2n) is 1.75. The minimum atomic E-state index is 0. The van der Waals surface area contributed by atoms with Gasteiger partial charge >= 0.3 is 0 Å². The van der Waals surface area contributed by atoms with Gasteiger partial charge in [0.25, 0.3) is 0 Å². The molecule has 1 radical (unpaired) electrons. The number of nitrogens with zero attached hydrogens (tertiary/aromatic N) is 1. The van der Waals surface area contributed by atoms with Gasteiger partial charge in [0.15, 0.2) is 0 Å². The molecule has 2 nitrogen and oxygen atoms in total. The summed E-state index contributed by atoms with van der Waals surface area (Å²) in [5, 5.41) is 3.99. The van der Waals surface area contributed by atoms with Crippen molar-refractivity contribution in [1.29, 1.82) is 0 Å². The summed E-state index contributed by atoms with van der Waals surface area (Å²) in [6.07, 6.45) is 3.00. The van der Waals surface area contributed by atoms with Crippen LogP contribution in [0.15, 0.2) is 0 Å². The Morgan fingerprint density at radius 1 is 1.62 bits per heavy atom. The fourth-order valence-electron chi connectivity index (χ4n) is 0.760. The normalized spacial score (nSPS) is 26.8. The molecule has 1 atom stereocenters. The third-order valence-electron chi connectivity index (χ3n) is 1.18. The van der Waals surface area contributed by atoms with Crippen LogP contribution in [0.3, 0.4) is 0 Å². The summed E-state index contributed by atoms with van der Waals surface area (Å²) in [6.45, 7) is 0.892. The Bertz CT molecular complexity index is 70.8. The predicted octanol–water partition coefficient (Wildman–Crippen LogP) is 0.721. The molecule has 1 heterocycles. The quantitative estimate of drug-likeness (QED) is 0.654. The molecular weight excluding hydrogens is 317 g/mol. The summed E-state index contributed by atoms with van der Waals surface area (Å²) < 4.78 is 0. The number of rotatable bonds is 1. The molecule has 1 aliphatic heterocycles. The maximum Gasteiger partial charge on any atom is 0.102 e. The van der Waals surface area contributed by atoms with Crippen LogP contribution in [0.1, 0.15) is 12.8 Å². The van der Waals surface area contributed by atoms with Crippen LogP contribution >= 0.6 is 0 Å². The number of hydrogen-bond acceptors (Lipinski definition) is 1. The van der Waals surface area contributed by atoms with Gasteiger partial charge in [0.05, 0.1) is 0 Å². The molecule has 1 aliphatic rings. The molecule has 0 aromatic carbocycles. The van der Waals surface area contributed by atoms with Gasteiger partial charge in [-0.2, -0.15) is 0 Å². The topological polar surface area (TPSA) is 31.2 Å². The molecule has 8 heavy (non-hydrogen) atoms. The summed E-state index contributed by atoms with van der Waals surface area (Å²) >= 11 is 0. The van der Waals surface area contributed by atoms with Crippen molar-refractivity contribution in [1.82, 2.24) is 0 Å². The maximum absolute atomic E-state index is 9.91. The molecule has 0 aliphatic carbocycles. The van der Waals surface area contributed by atoms with E-state index in [4.69, 9.17) is 0 Å². The molecule has 0 bridgehead atoms. The molecule has 43 valence electrons. The molecule has 1 rings (SSSR count). The number of aldehydes is 1. The van der Waals surface area contributed by atoms with Crippen LogP contribution < -0.4 is 0 Å². The van der Waals surface area contributed by atoms with E-state index in [0.717, 1.165) is 25.7 Å². The maximum atomic E-state index is 9.91. The Morgan fingerprint density at radius 2 is 2.38 bits per heavy atom. The van der Waals surface area contributed by atoms with Crippen molar-refractivity contribution in [3.63, 3.8) is 0 Å². The largest absolute Gasteiger partial charge is 0.654 e. The third kappa shape index (κ3) is 2.57. The Hall–Kier alpha value is 1.07. The molecule has 0 N–H and O–H groups in total. The van der Waals surface area contributed by atoms with Crippen molar-refractivity contribution in [2.75, 3.05) is 6.54 Å². The van der Waals surface area contributed by atoms with E-state index in [0.29, 0.717) is 0 Å². The van der Waals surface area contributed by atoms with Crippen molar-refractivity contribution < 1.29 is 48.9 Å². The van der Waals surface area contributed by atoms with Gasteiger partial charge in [-0.05, 0) is 0 Å². The molecule has 3 heteroatoms. The van der Waals surface area contributed by atoms with Gasteiger partial charge in [0, 0.05) is 44.1 Å². The first-order valence-electron chi connectivity index (χ1n) is 2.55. The third-order valence-corrected chi connectivity index (χ3v) is 1.18. The van der Waals surface area contributed by atoms with E-state index in [1.54, 1.807) is 0 Å². The van der Waals surface area contributed by atoms with Crippen molar-refractivity contribution in [3.8, 4) is 0 Å². The molecule has 1 unspecified atom stereocenters. The molecule has 1 fully saturated rings. The molecular formula is C5H8AcNO-. The average molecular weight is 325 g/mol. The van der Waals surface area contributed by atoms with Gasteiger partial charge in [0.2, 0.25) is 0 Å². The number of carbonyl (C=O) groups is 1. The second kappa shape index (κ2) is 4.90. The van der Waals surface area contributed by atoms with Crippen molar-refractivity contribution >= 4 is 6.29 Å². The van der Waals surface area contributed by atoms with Crippen LogP contribution in [-0.2, 0) is 4.79 Å². The minimum Gasteiger partial charge on any atom is -0.654 e. The van der Waals surface area contributed by atoms with Crippen LogP contribution in [0.4, 0.5) is 0 Å². The first-order valence-corrected chi connectivity index (χ1v) is 2.55. The summed E-state index contributed by atoms with van der Waals surface area (Å²) in [5.74, 6) is 0. The van der Waals surface area contributed by atoms with E-state index in [1.807, 2.05) is 0 Å². The second-order valence-corrected chi connectivity index (χ2v) is 1.75. The average Bonchev–Trinajstić information content (AvgIpc) is 2.14. The minimum absolute atomic E-state index is 0. The van der Waals surface area contributed by atoms with Crippen LogP contribution in [0.5, 0.6) is 0 Å². The predicted molar refractivity (Wildman–Crippen MR) is 27.3 cm³/mol. The Kier molecular flexibility index (Phi) is 5.56. The van der Waals surface area contributed by atoms with Crippen LogP contribution in [0.25, 0.3) is 5.32 Å². The molecule has 0 spiro atoms. The molecule has 0 aromatic rings. The van der Waals surface area contributed by atoms with E-state index in [1.165, 1.54) is 0 Å². The van der Waals surface area contributed by atoms with Gasteiger partial charge in [-0.1, -0.05) is 18.9 Å². The van der Waals surface area contributed by atoms with Crippen molar-refractivity contribution in [3.05, 3.63) is 5.32 Å². The summed E-state index contributed by atoms with van der Waals surface area (Å²) in [6, 6.07) is 0.0417. The Labute approximate surface area is 85.0 Å². The van der Waals surface area contributed by atoms with Gasteiger partial charge in [-0.25, -0.2) is 0 Å². The number of carbonyl (C=O) groups excluding carboxylic acids is 1. The van der Waals surface area contributed by atoms with Crippen LogP contribution in [-0.4, -0.2) is 18.9 Å². The van der Waals surface area contributed by atoms with Crippen molar-refractivity contribution in [2.24, 2.45) is 0 Å². The first kappa shape index (κ1) is 9.07. The van der Waals surface area contributed by atoms with Crippen LogP contribution in [0, 0.1) is 44.1 Å². The monoisotopic (exact) mass is 325 g/mol. The zero-order chi connectivity index (χ0) is 5.11. The van der Waals surface area contributed by atoms with Gasteiger partial charge < -0.3 is 10.1 Å².